The summed E-state index contributed by atoms with van der Waals surface area (Å²) in [5.74, 6) is 2.51. The molecule has 3 rings (SSSR count). The predicted molar refractivity (Wildman–Crippen MR) is 105 cm³/mol. The van der Waals surface area contributed by atoms with Crippen molar-refractivity contribution < 1.29 is 24.1 Å². The van der Waals surface area contributed by atoms with E-state index in [4.69, 9.17) is 14.2 Å². The Bertz CT molecular complexity index is 826. The number of phenols is 1. The second-order valence-corrected chi connectivity index (χ2v) is 7.18. The number of hydrogen-bond acceptors (Lipinski definition) is 6. The van der Waals surface area contributed by atoms with Gasteiger partial charge in [0, 0.05) is 18.2 Å². The average Bonchev–Trinajstić information content (AvgIpc) is 3.07. The van der Waals surface area contributed by atoms with Crippen molar-refractivity contribution in [1.29, 1.82) is 0 Å². The number of amides is 1. The molecule has 1 aliphatic rings. The van der Waals surface area contributed by atoms with E-state index in [9.17, 15) is 9.90 Å². The van der Waals surface area contributed by atoms with Crippen molar-refractivity contribution >= 4 is 17.7 Å². The van der Waals surface area contributed by atoms with Crippen LogP contribution in [0.4, 0.5) is 0 Å². The third kappa shape index (κ3) is 4.08. The number of carbonyl (C=O) groups excluding carboxylic acids is 1. The Labute approximate surface area is 163 Å². The molecule has 2 aromatic carbocycles. The van der Waals surface area contributed by atoms with Gasteiger partial charge < -0.3 is 24.2 Å². The van der Waals surface area contributed by atoms with Crippen LogP contribution in [0.25, 0.3) is 0 Å². The lowest BCUT2D eigenvalue weighted by atomic mass is 10.1. The van der Waals surface area contributed by atoms with Crippen LogP contribution in [0.2, 0.25) is 0 Å². The summed E-state index contributed by atoms with van der Waals surface area (Å²) in [7, 11) is 4.75. The minimum atomic E-state index is -0.0997. The largest absolute Gasteiger partial charge is 0.504 e. The lowest BCUT2D eigenvalue weighted by Crippen LogP contribution is -2.30. The van der Waals surface area contributed by atoms with Crippen LogP contribution in [0, 0.1) is 0 Å². The molecule has 1 saturated heterocycles. The van der Waals surface area contributed by atoms with Gasteiger partial charge in [-0.1, -0.05) is 6.07 Å². The molecule has 1 aliphatic heterocycles. The Morgan fingerprint density at radius 2 is 1.85 bits per heavy atom. The molecule has 0 radical (unpaired) electrons. The molecule has 0 aliphatic carbocycles. The molecular formula is C20H23NO5S. The summed E-state index contributed by atoms with van der Waals surface area (Å²) >= 11 is 1.59. The van der Waals surface area contributed by atoms with E-state index < -0.39 is 0 Å². The van der Waals surface area contributed by atoms with E-state index in [1.54, 1.807) is 38.1 Å². The van der Waals surface area contributed by atoms with Gasteiger partial charge in [0.1, 0.15) is 16.9 Å². The SMILES string of the molecule is COc1ccc(C2SCC(=O)N2CCc2ccc(O)c(OC)c2)c(OC)c1. The average molecular weight is 389 g/mol. The number of rotatable bonds is 7. The van der Waals surface area contributed by atoms with Gasteiger partial charge in [-0.05, 0) is 36.2 Å². The van der Waals surface area contributed by atoms with Crippen LogP contribution in [0.3, 0.4) is 0 Å². The summed E-state index contributed by atoms with van der Waals surface area (Å²) in [6.45, 7) is 0.569. The highest BCUT2D eigenvalue weighted by Crippen LogP contribution is 2.43. The quantitative estimate of drug-likeness (QED) is 0.784. The van der Waals surface area contributed by atoms with Gasteiger partial charge in [-0.3, -0.25) is 4.79 Å². The Morgan fingerprint density at radius 3 is 2.56 bits per heavy atom. The molecular weight excluding hydrogens is 366 g/mol. The van der Waals surface area contributed by atoms with Gasteiger partial charge >= 0.3 is 0 Å². The van der Waals surface area contributed by atoms with Crippen molar-refractivity contribution in [2.75, 3.05) is 33.6 Å². The maximum Gasteiger partial charge on any atom is 0.233 e. The van der Waals surface area contributed by atoms with E-state index in [0.29, 0.717) is 36.0 Å². The number of aromatic hydroxyl groups is 1. The first kappa shape index (κ1) is 19.2. The topological polar surface area (TPSA) is 68.2 Å². The van der Waals surface area contributed by atoms with Crippen molar-refractivity contribution in [1.82, 2.24) is 4.90 Å². The molecule has 6 nitrogen and oxygen atoms in total. The Kier molecular flexibility index (Phi) is 6.01. The molecule has 1 amide bonds. The number of benzene rings is 2. The first-order valence-electron chi connectivity index (χ1n) is 8.56. The van der Waals surface area contributed by atoms with Gasteiger partial charge in [-0.2, -0.15) is 0 Å². The van der Waals surface area contributed by atoms with Crippen LogP contribution in [0.15, 0.2) is 36.4 Å². The first-order chi connectivity index (χ1) is 13.1. The summed E-state index contributed by atoms with van der Waals surface area (Å²) < 4.78 is 15.9. The van der Waals surface area contributed by atoms with Crippen molar-refractivity contribution in [3.8, 4) is 23.0 Å². The van der Waals surface area contributed by atoms with Crippen LogP contribution in [0.5, 0.6) is 23.0 Å². The van der Waals surface area contributed by atoms with E-state index in [2.05, 4.69) is 0 Å². The zero-order valence-corrected chi connectivity index (χ0v) is 16.4. The molecule has 0 aromatic heterocycles. The van der Waals surface area contributed by atoms with Crippen LogP contribution in [-0.4, -0.2) is 49.5 Å². The molecule has 7 heteroatoms. The molecule has 1 heterocycles. The maximum atomic E-state index is 12.5. The molecule has 0 bridgehead atoms. The fourth-order valence-electron chi connectivity index (χ4n) is 3.10. The van der Waals surface area contributed by atoms with Crippen LogP contribution >= 0.6 is 11.8 Å². The minimum absolute atomic E-state index is 0.0997. The molecule has 144 valence electrons. The Hall–Kier alpha value is -2.54. The molecule has 1 N–H and O–H groups in total. The standard InChI is InChI=1S/C20H23NO5S/c1-24-14-5-6-15(17(11-14)25-2)20-21(19(23)12-27-20)9-8-13-4-7-16(22)18(10-13)26-3/h4-7,10-11,20,22H,8-9,12H2,1-3H3. The smallest absolute Gasteiger partial charge is 0.233 e. The number of thioether (sulfide) groups is 1. The Morgan fingerprint density at radius 1 is 1.07 bits per heavy atom. The van der Waals surface area contributed by atoms with E-state index in [-0.39, 0.29) is 17.0 Å². The number of phenolic OH excluding ortho intramolecular Hbond substituents is 1. The first-order valence-corrected chi connectivity index (χ1v) is 9.61. The van der Waals surface area contributed by atoms with Gasteiger partial charge in [0.05, 0.1) is 27.1 Å². The molecule has 0 saturated carbocycles. The lowest BCUT2D eigenvalue weighted by Gasteiger charge is -2.26. The third-order valence-corrected chi connectivity index (χ3v) is 5.80. The monoisotopic (exact) mass is 389 g/mol. The fraction of sp³-hybridized carbons (Fsp3) is 0.350. The number of ether oxygens (including phenoxy) is 3. The van der Waals surface area contributed by atoms with Gasteiger partial charge in [-0.15, -0.1) is 11.8 Å². The van der Waals surface area contributed by atoms with Crippen LogP contribution in [-0.2, 0) is 11.2 Å². The van der Waals surface area contributed by atoms with E-state index in [1.165, 1.54) is 7.11 Å². The van der Waals surface area contributed by atoms with Crippen molar-refractivity contribution in [2.45, 2.75) is 11.8 Å². The molecule has 2 aromatic rings. The molecule has 27 heavy (non-hydrogen) atoms. The summed E-state index contributed by atoms with van der Waals surface area (Å²) in [4.78, 5) is 14.3. The van der Waals surface area contributed by atoms with E-state index >= 15 is 0 Å². The van der Waals surface area contributed by atoms with Gasteiger partial charge in [-0.25, -0.2) is 0 Å². The van der Waals surface area contributed by atoms with Gasteiger partial charge in [0.2, 0.25) is 5.91 Å². The minimum Gasteiger partial charge on any atom is -0.504 e. The normalized spacial score (nSPS) is 16.5. The van der Waals surface area contributed by atoms with Gasteiger partial charge in [0.25, 0.3) is 0 Å². The summed E-state index contributed by atoms with van der Waals surface area (Å²) in [5, 5.41) is 9.63. The molecule has 1 atom stereocenters. The number of hydrogen-bond donors (Lipinski definition) is 1. The number of carbonyl (C=O) groups is 1. The second kappa shape index (κ2) is 8.43. The second-order valence-electron chi connectivity index (χ2n) is 6.11. The highest BCUT2D eigenvalue weighted by atomic mass is 32.2. The van der Waals surface area contributed by atoms with E-state index in [1.807, 2.05) is 29.2 Å². The van der Waals surface area contributed by atoms with Gasteiger partial charge in [0.15, 0.2) is 11.5 Å². The molecule has 1 unspecified atom stereocenters. The Balaban J connectivity index is 1.79. The third-order valence-electron chi connectivity index (χ3n) is 4.56. The van der Waals surface area contributed by atoms with E-state index in [0.717, 1.165) is 11.1 Å². The van der Waals surface area contributed by atoms with Crippen molar-refractivity contribution in [3.05, 3.63) is 47.5 Å². The highest BCUT2D eigenvalue weighted by molar-refractivity contribution is 8.00. The number of methoxy groups -OCH3 is 3. The van der Waals surface area contributed by atoms with Crippen molar-refractivity contribution in [3.63, 3.8) is 0 Å². The summed E-state index contributed by atoms with van der Waals surface area (Å²) in [6.07, 6.45) is 0.665. The van der Waals surface area contributed by atoms with Crippen molar-refractivity contribution in [2.24, 2.45) is 0 Å². The highest BCUT2D eigenvalue weighted by Gasteiger charge is 2.34. The molecule has 1 fully saturated rings. The lowest BCUT2D eigenvalue weighted by molar-refractivity contribution is -0.128. The predicted octanol–water partition coefficient (Wildman–Crippen LogP) is 3.23. The zero-order chi connectivity index (χ0) is 19.4. The molecule has 0 spiro atoms. The summed E-state index contributed by atoms with van der Waals surface area (Å²) in [6, 6.07) is 10.9. The number of nitrogens with zero attached hydrogens (tertiary/aromatic N) is 1. The van der Waals surface area contributed by atoms with Crippen LogP contribution < -0.4 is 14.2 Å². The fourth-order valence-corrected chi connectivity index (χ4v) is 4.35. The van der Waals surface area contributed by atoms with Crippen LogP contribution in [0.1, 0.15) is 16.5 Å². The maximum absolute atomic E-state index is 12.5. The summed E-state index contributed by atoms with van der Waals surface area (Å²) in [5.41, 5.74) is 1.95. The zero-order valence-electron chi connectivity index (χ0n) is 15.6.